The van der Waals surface area contributed by atoms with Crippen molar-refractivity contribution < 1.29 is 44.1 Å². The summed E-state index contributed by atoms with van der Waals surface area (Å²) in [5.74, 6) is -6.55. The van der Waals surface area contributed by atoms with Gasteiger partial charge in [-0.1, -0.05) is 0 Å². The van der Waals surface area contributed by atoms with Crippen LogP contribution < -0.4 is 27.4 Å². The van der Waals surface area contributed by atoms with Crippen LogP contribution in [0.2, 0.25) is 0 Å². The van der Waals surface area contributed by atoms with Gasteiger partial charge in [-0.3, -0.25) is 24.0 Å². The normalized spacial score (nSPS) is 14.2. The highest BCUT2D eigenvalue weighted by Gasteiger charge is 2.31. The zero-order valence-corrected chi connectivity index (χ0v) is 17.9. The summed E-state index contributed by atoms with van der Waals surface area (Å²) in [7, 11) is 0. The third-order valence-electron chi connectivity index (χ3n) is 4.45. The van der Waals surface area contributed by atoms with E-state index in [-0.39, 0.29) is 19.3 Å². The minimum Gasteiger partial charge on any atom is -0.481 e. The average Bonchev–Trinajstić information content (AvgIpc) is 3.26. The summed E-state index contributed by atoms with van der Waals surface area (Å²) in [4.78, 5) is 76.9. The Kier molecular flexibility index (Phi) is 11.1. The molecule has 11 N–H and O–H groups in total. The van der Waals surface area contributed by atoms with Gasteiger partial charge >= 0.3 is 11.9 Å². The Bertz CT molecular complexity index is 890. The Labute approximate surface area is 192 Å². The number of carboxylic acid groups (broad SMARTS) is 2. The van der Waals surface area contributed by atoms with Crippen LogP contribution in [0.1, 0.15) is 25.0 Å². The Balaban J connectivity index is 2.95. The number of hydrogen-bond donors (Lipinski definition) is 9. The van der Waals surface area contributed by atoms with Crippen LogP contribution in [-0.2, 0) is 35.2 Å². The van der Waals surface area contributed by atoms with Crippen LogP contribution in [0, 0.1) is 0 Å². The van der Waals surface area contributed by atoms with Crippen molar-refractivity contribution in [2.75, 3.05) is 6.61 Å². The number of H-pyrrole nitrogens is 1. The molecule has 0 aliphatic heterocycles. The summed E-state index contributed by atoms with van der Waals surface area (Å²) >= 11 is 0. The summed E-state index contributed by atoms with van der Waals surface area (Å²) in [6, 6.07) is -5.95. The number of nitrogens with two attached hydrogens (primary N) is 2. The molecule has 0 fully saturated rings. The lowest BCUT2D eigenvalue weighted by atomic mass is 10.1. The third-order valence-corrected chi connectivity index (χ3v) is 4.45. The van der Waals surface area contributed by atoms with Crippen molar-refractivity contribution in [3.8, 4) is 0 Å². The smallest absolute Gasteiger partial charge is 0.326 e. The maximum absolute atomic E-state index is 12.8. The van der Waals surface area contributed by atoms with Crippen LogP contribution >= 0.6 is 0 Å². The molecule has 1 aromatic heterocycles. The molecule has 0 aliphatic rings. The number of aliphatic hydroxyl groups excluding tert-OH is 1. The van der Waals surface area contributed by atoms with E-state index < -0.39 is 72.8 Å². The lowest BCUT2D eigenvalue weighted by Gasteiger charge is -2.24. The number of amides is 4. The van der Waals surface area contributed by atoms with Crippen molar-refractivity contribution in [2.24, 2.45) is 11.5 Å². The summed E-state index contributed by atoms with van der Waals surface area (Å²) in [6.07, 6.45) is 1.15. The van der Waals surface area contributed by atoms with Gasteiger partial charge in [-0.2, -0.15) is 0 Å². The van der Waals surface area contributed by atoms with Gasteiger partial charge in [0.1, 0.15) is 18.1 Å². The molecule has 0 aromatic carbocycles. The van der Waals surface area contributed by atoms with Gasteiger partial charge in [-0.25, -0.2) is 9.78 Å². The largest absolute Gasteiger partial charge is 0.481 e. The van der Waals surface area contributed by atoms with Gasteiger partial charge in [0, 0.05) is 24.7 Å². The molecule has 0 radical (unpaired) electrons. The topological polar surface area (TPSA) is 280 Å². The molecule has 0 spiro atoms. The van der Waals surface area contributed by atoms with E-state index in [9.17, 15) is 39.0 Å². The molecule has 0 bridgehead atoms. The van der Waals surface area contributed by atoms with Crippen LogP contribution in [0.25, 0.3) is 0 Å². The standard InChI is InChI=1S/C18H27N7O9/c19-9(4-14(28)29)15(30)25-12(6-26)17(32)24-11(3-8-5-21-7-22-8)16(31)23-10(18(33)34)1-2-13(20)27/h5,7,9-12,26H,1-4,6,19H2,(H2,20,27)(H,21,22)(H,23,31)(H,24,32)(H,25,30)(H,28,29)(H,33,34). The van der Waals surface area contributed by atoms with Crippen molar-refractivity contribution in [3.63, 3.8) is 0 Å². The highest BCUT2D eigenvalue weighted by Crippen LogP contribution is 2.04. The number of aliphatic hydroxyl groups is 1. The lowest BCUT2D eigenvalue weighted by molar-refractivity contribution is -0.142. The van der Waals surface area contributed by atoms with Crippen molar-refractivity contribution >= 4 is 35.6 Å². The van der Waals surface area contributed by atoms with Crippen molar-refractivity contribution in [2.45, 2.75) is 49.9 Å². The minimum atomic E-state index is -1.59. The molecule has 1 rings (SSSR count). The second-order valence-electron chi connectivity index (χ2n) is 7.19. The fraction of sp³-hybridized carbons (Fsp3) is 0.500. The van der Waals surface area contributed by atoms with Gasteiger partial charge in [0.15, 0.2) is 0 Å². The number of nitrogens with zero attached hydrogens (tertiary/aromatic N) is 1. The van der Waals surface area contributed by atoms with E-state index in [0.717, 1.165) is 0 Å². The molecule has 1 aromatic rings. The molecule has 4 unspecified atom stereocenters. The number of primary amides is 1. The molecule has 16 heteroatoms. The van der Waals surface area contributed by atoms with Crippen LogP contribution in [0.3, 0.4) is 0 Å². The second-order valence-corrected chi connectivity index (χ2v) is 7.19. The fourth-order valence-electron chi connectivity index (χ4n) is 2.67. The number of aromatic amines is 1. The molecular weight excluding hydrogens is 458 g/mol. The summed E-state index contributed by atoms with van der Waals surface area (Å²) in [5.41, 5.74) is 10.8. The van der Waals surface area contributed by atoms with Gasteiger partial charge in [-0.05, 0) is 6.42 Å². The highest BCUT2D eigenvalue weighted by atomic mass is 16.4. The van der Waals surface area contributed by atoms with E-state index in [1.807, 2.05) is 0 Å². The van der Waals surface area contributed by atoms with Crippen LogP contribution in [0.5, 0.6) is 0 Å². The first-order chi connectivity index (χ1) is 15.9. The number of aliphatic carboxylic acids is 2. The molecular formula is C18H27N7O9. The molecule has 34 heavy (non-hydrogen) atoms. The van der Waals surface area contributed by atoms with Gasteiger partial charge in [0.05, 0.1) is 25.4 Å². The predicted octanol–water partition coefficient (Wildman–Crippen LogP) is -4.45. The van der Waals surface area contributed by atoms with Crippen molar-refractivity contribution in [1.82, 2.24) is 25.9 Å². The second kappa shape index (κ2) is 13.5. The summed E-state index contributed by atoms with van der Waals surface area (Å²) in [5, 5.41) is 34.0. The SMILES string of the molecule is NC(=O)CCC(NC(=O)C(Cc1cnc[nH]1)NC(=O)C(CO)NC(=O)C(N)CC(=O)O)C(=O)O. The third kappa shape index (κ3) is 9.61. The summed E-state index contributed by atoms with van der Waals surface area (Å²) in [6.45, 7) is -0.911. The molecule has 16 nitrogen and oxygen atoms in total. The van der Waals surface area contributed by atoms with Crippen LogP contribution in [0.15, 0.2) is 12.5 Å². The quantitative estimate of drug-likeness (QED) is 0.114. The number of rotatable bonds is 15. The number of aromatic nitrogens is 2. The Morgan fingerprint density at radius 1 is 0.971 bits per heavy atom. The maximum atomic E-state index is 12.8. The predicted molar refractivity (Wildman–Crippen MR) is 111 cm³/mol. The Hall–Kier alpha value is -4.05. The van der Waals surface area contributed by atoms with E-state index in [1.54, 1.807) is 0 Å². The van der Waals surface area contributed by atoms with Crippen molar-refractivity contribution in [1.29, 1.82) is 0 Å². The van der Waals surface area contributed by atoms with Crippen molar-refractivity contribution in [3.05, 3.63) is 18.2 Å². The lowest BCUT2D eigenvalue weighted by Crippen LogP contribution is -2.58. The molecule has 0 aliphatic carbocycles. The monoisotopic (exact) mass is 485 g/mol. The molecule has 188 valence electrons. The zero-order valence-electron chi connectivity index (χ0n) is 17.9. The number of hydrogen-bond acceptors (Lipinski definition) is 9. The first-order valence-electron chi connectivity index (χ1n) is 9.92. The number of carbonyl (C=O) groups is 6. The first kappa shape index (κ1) is 28.0. The average molecular weight is 485 g/mol. The van der Waals surface area contributed by atoms with E-state index in [4.69, 9.17) is 16.6 Å². The van der Waals surface area contributed by atoms with E-state index in [0.29, 0.717) is 5.69 Å². The Morgan fingerprint density at radius 2 is 1.56 bits per heavy atom. The fourth-order valence-corrected chi connectivity index (χ4v) is 2.67. The van der Waals surface area contributed by atoms with Crippen LogP contribution in [0.4, 0.5) is 0 Å². The molecule has 4 amide bonds. The van der Waals surface area contributed by atoms with Gasteiger partial charge in [0.2, 0.25) is 23.6 Å². The first-order valence-corrected chi connectivity index (χ1v) is 9.92. The number of nitrogens with one attached hydrogen (secondary N) is 4. The molecule has 0 saturated heterocycles. The minimum absolute atomic E-state index is 0.176. The molecule has 0 saturated carbocycles. The number of carboxylic acids is 2. The summed E-state index contributed by atoms with van der Waals surface area (Å²) < 4.78 is 0. The number of imidazole rings is 1. The Morgan fingerprint density at radius 3 is 2.06 bits per heavy atom. The van der Waals surface area contributed by atoms with Crippen LogP contribution in [-0.4, -0.2) is 91.6 Å². The molecule has 4 atom stereocenters. The van der Waals surface area contributed by atoms with E-state index in [1.165, 1.54) is 12.5 Å². The maximum Gasteiger partial charge on any atom is 0.326 e. The zero-order chi connectivity index (χ0) is 25.8. The van der Waals surface area contributed by atoms with Gasteiger partial charge in [0.25, 0.3) is 0 Å². The van der Waals surface area contributed by atoms with E-state index in [2.05, 4.69) is 25.9 Å². The van der Waals surface area contributed by atoms with Gasteiger partial charge < -0.3 is 47.7 Å². The molecule has 1 heterocycles. The number of carbonyl (C=O) groups excluding carboxylic acids is 4. The van der Waals surface area contributed by atoms with Gasteiger partial charge in [-0.15, -0.1) is 0 Å². The highest BCUT2D eigenvalue weighted by molar-refractivity contribution is 5.95. The van der Waals surface area contributed by atoms with E-state index >= 15 is 0 Å².